The Balaban J connectivity index is 2.74. The maximum Gasteiger partial charge on any atom is 0.320 e. The van der Waals surface area contributed by atoms with Crippen LogP contribution in [0.15, 0.2) is 24.3 Å². The van der Waals surface area contributed by atoms with Gasteiger partial charge in [0, 0.05) is 0 Å². The van der Waals surface area contributed by atoms with Crippen LogP contribution in [0.1, 0.15) is 5.56 Å². The van der Waals surface area contributed by atoms with Crippen molar-refractivity contribution < 1.29 is 9.90 Å². The van der Waals surface area contributed by atoms with E-state index in [1.807, 2.05) is 32.1 Å². The molecule has 1 atom stereocenters. The van der Waals surface area contributed by atoms with E-state index >= 15 is 0 Å². The molecular weight excluding hydrogens is 165 g/mol. The largest absolute Gasteiger partial charge is 0.480 e. The highest BCUT2D eigenvalue weighted by atomic mass is 16.4. The lowest BCUT2D eigenvalue weighted by atomic mass is 9.88. The third-order valence-corrected chi connectivity index (χ3v) is 2.02. The number of carboxylic acids is 1. The highest BCUT2D eigenvalue weighted by Crippen LogP contribution is 1.98. The molecule has 1 unspecified atom stereocenters. The molecule has 4 heteroatoms. The van der Waals surface area contributed by atoms with E-state index < -0.39 is 12.0 Å². The molecule has 0 heterocycles. The Kier molecular flexibility index (Phi) is 3.09. The molecule has 1 aromatic rings. The van der Waals surface area contributed by atoms with Crippen LogP contribution in [0.2, 0.25) is 0 Å². The first-order chi connectivity index (χ1) is 6.11. The molecule has 0 aliphatic heterocycles. The number of nitrogens with two attached hydrogens (primary N) is 1. The van der Waals surface area contributed by atoms with E-state index in [4.69, 9.17) is 10.8 Å². The number of carboxylic acid groups (broad SMARTS) is 1. The molecule has 0 saturated heterocycles. The van der Waals surface area contributed by atoms with Gasteiger partial charge in [-0.2, -0.15) is 0 Å². The highest BCUT2D eigenvalue weighted by molar-refractivity contribution is 6.33. The first kappa shape index (κ1) is 9.80. The summed E-state index contributed by atoms with van der Waals surface area (Å²) in [4.78, 5) is 10.5. The molecule has 3 nitrogen and oxygen atoms in total. The van der Waals surface area contributed by atoms with Crippen LogP contribution < -0.4 is 11.2 Å². The molecule has 0 bridgehead atoms. The van der Waals surface area contributed by atoms with Crippen LogP contribution in [0.4, 0.5) is 0 Å². The quantitative estimate of drug-likeness (QED) is 0.576. The molecule has 1 rings (SSSR count). The zero-order valence-electron chi connectivity index (χ0n) is 7.53. The fourth-order valence-corrected chi connectivity index (χ4v) is 1.16. The van der Waals surface area contributed by atoms with E-state index in [2.05, 4.69) is 0 Å². The Hall–Kier alpha value is -1.29. The molecule has 0 aliphatic rings. The molecule has 13 heavy (non-hydrogen) atoms. The van der Waals surface area contributed by atoms with Crippen LogP contribution in [0.25, 0.3) is 0 Å². The van der Waals surface area contributed by atoms with Crippen LogP contribution in [0, 0.1) is 0 Å². The number of hydrogen-bond donors (Lipinski definition) is 2. The van der Waals surface area contributed by atoms with E-state index in [9.17, 15) is 4.79 Å². The minimum absolute atomic E-state index is 0.391. The van der Waals surface area contributed by atoms with E-state index in [1.165, 1.54) is 0 Å². The topological polar surface area (TPSA) is 63.3 Å². The van der Waals surface area contributed by atoms with Gasteiger partial charge in [-0.3, -0.25) is 4.79 Å². The molecule has 0 fully saturated rings. The summed E-state index contributed by atoms with van der Waals surface area (Å²) < 4.78 is 0. The average Bonchev–Trinajstić information content (AvgIpc) is 2.08. The standard InChI is InChI=1S/C9H12BNO2/c10-7-4-2-1-3-6(7)5-8(11)9(12)13/h1-4,8H,5,10-11H2,(H,12,13). The van der Waals surface area contributed by atoms with Gasteiger partial charge in [-0.1, -0.05) is 35.3 Å². The molecule has 0 amide bonds. The van der Waals surface area contributed by atoms with Gasteiger partial charge in [0.05, 0.1) is 0 Å². The maximum absolute atomic E-state index is 10.5. The smallest absolute Gasteiger partial charge is 0.320 e. The molecule has 0 aliphatic carbocycles. The SMILES string of the molecule is Bc1ccccc1CC(N)C(=O)O. The predicted octanol–water partition coefficient (Wildman–Crippen LogP) is -1.10. The van der Waals surface area contributed by atoms with Crippen molar-refractivity contribution in [2.75, 3.05) is 0 Å². The lowest BCUT2D eigenvalue weighted by molar-refractivity contribution is -0.138. The molecule has 0 aromatic heterocycles. The van der Waals surface area contributed by atoms with Crippen LogP contribution in [0.3, 0.4) is 0 Å². The van der Waals surface area contributed by atoms with Gasteiger partial charge in [0.1, 0.15) is 13.9 Å². The third kappa shape index (κ3) is 2.59. The summed E-state index contributed by atoms with van der Waals surface area (Å²) in [6.45, 7) is 0. The summed E-state index contributed by atoms with van der Waals surface area (Å²) in [5.41, 5.74) is 7.50. The number of hydrogen-bond acceptors (Lipinski definition) is 2. The normalized spacial score (nSPS) is 12.4. The van der Waals surface area contributed by atoms with Gasteiger partial charge in [-0.15, -0.1) is 0 Å². The zero-order chi connectivity index (χ0) is 9.84. The second-order valence-electron chi connectivity index (χ2n) is 3.08. The molecule has 68 valence electrons. The Morgan fingerprint density at radius 3 is 2.69 bits per heavy atom. The van der Waals surface area contributed by atoms with Crippen LogP contribution in [-0.4, -0.2) is 25.0 Å². The molecule has 3 N–H and O–H groups in total. The molecule has 0 radical (unpaired) electrons. The Bertz CT molecular complexity index is 314. The van der Waals surface area contributed by atoms with Gasteiger partial charge < -0.3 is 10.8 Å². The predicted molar refractivity (Wildman–Crippen MR) is 53.9 cm³/mol. The van der Waals surface area contributed by atoms with Gasteiger partial charge in [0.2, 0.25) is 0 Å². The molecule has 0 saturated carbocycles. The van der Waals surface area contributed by atoms with E-state index in [1.54, 1.807) is 0 Å². The van der Waals surface area contributed by atoms with Crippen LogP contribution in [-0.2, 0) is 11.2 Å². The summed E-state index contributed by atoms with van der Waals surface area (Å²) in [6.07, 6.45) is 0.391. The van der Waals surface area contributed by atoms with E-state index in [-0.39, 0.29) is 0 Å². The Morgan fingerprint density at radius 1 is 1.54 bits per heavy atom. The Morgan fingerprint density at radius 2 is 2.15 bits per heavy atom. The third-order valence-electron chi connectivity index (χ3n) is 2.02. The zero-order valence-corrected chi connectivity index (χ0v) is 7.53. The molecular formula is C9H12BNO2. The van der Waals surface area contributed by atoms with Gasteiger partial charge in [0.15, 0.2) is 0 Å². The van der Waals surface area contributed by atoms with Gasteiger partial charge in [-0.25, -0.2) is 0 Å². The fraction of sp³-hybridized carbons (Fsp3) is 0.222. The minimum atomic E-state index is -0.955. The second-order valence-corrected chi connectivity index (χ2v) is 3.08. The van der Waals surface area contributed by atoms with Crippen molar-refractivity contribution in [1.29, 1.82) is 0 Å². The molecule has 0 spiro atoms. The van der Waals surface area contributed by atoms with E-state index in [0.29, 0.717) is 6.42 Å². The van der Waals surface area contributed by atoms with E-state index in [0.717, 1.165) is 11.0 Å². The number of aliphatic carboxylic acids is 1. The minimum Gasteiger partial charge on any atom is -0.480 e. The van der Waals surface area contributed by atoms with Crippen molar-refractivity contribution in [3.63, 3.8) is 0 Å². The van der Waals surface area contributed by atoms with Crippen LogP contribution in [0.5, 0.6) is 0 Å². The maximum atomic E-state index is 10.5. The highest BCUT2D eigenvalue weighted by Gasteiger charge is 2.12. The first-order valence-corrected chi connectivity index (χ1v) is 4.14. The summed E-state index contributed by atoms with van der Waals surface area (Å²) in [7, 11) is 1.95. The van der Waals surface area contributed by atoms with Crippen molar-refractivity contribution >= 4 is 19.3 Å². The monoisotopic (exact) mass is 177 g/mol. The number of benzene rings is 1. The van der Waals surface area contributed by atoms with Crippen molar-refractivity contribution in [1.82, 2.24) is 0 Å². The van der Waals surface area contributed by atoms with Crippen molar-refractivity contribution in [2.45, 2.75) is 12.5 Å². The summed E-state index contributed by atoms with van der Waals surface area (Å²) in [5, 5.41) is 8.61. The van der Waals surface area contributed by atoms with Gasteiger partial charge >= 0.3 is 5.97 Å². The first-order valence-electron chi connectivity index (χ1n) is 4.14. The van der Waals surface area contributed by atoms with Gasteiger partial charge in [0.25, 0.3) is 0 Å². The average molecular weight is 177 g/mol. The summed E-state index contributed by atoms with van der Waals surface area (Å²) in [5.74, 6) is -0.955. The van der Waals surface area contributed by atoms with Crippen molar-refractivity contribution in [2.24, 2.45) is 5.73 Å². The van der Waals surface area contributed by atoms with Crippen LogP contribution >= 0.6 is 0 Å². The lowest BCUT2D eigenvalue weighted by Gasteiger charge is -2.08. The second kappa shape index (κ2) is 4.09. The fourth-order valence-electron chi connectivity index (χ4n) is 1.16. The number of rotatable bonds is 3. The van der Waals surface area contributed by atoms with Crippen molar-refractivity contribution in [3.8, 4) is 0 Å². The van der Waals surface area contributed by atoms with Gasteiger partial charge in [-0.05, 0) is 6.42 Å². The summed E-state index contributed by atoms with van der Waals surface area (Å²) >= 11 is 0. The van der Waals surface area contributed by atoms with Crippen molar-refractivity contribution in [3.05, 3.63) is 29.8 Å². The summed E-state index contributed by atoms with van der Waals surface area (Å²) in [6, 6.07) is 6.85. The number of carbonyl (C=O) groups is 1. The molecule has 1 aromatic carbocycles. The Labute approximate surface area is 78.0 Å². The lowest BCUT2D eigenvalue weighted by Crippen LogP contribution is -2.33.